The molecule has 0 aliphatic carbocycles. The number of rotatable bonds is 3. The Morgan fingerprint density at radius 3 is 2.62 bits per heavy atom. The number of benzene rings is 1. The van der Waals surface area contributed by atoms with E-state index in [1.165, 1.54) is 27.6 Å². The minimum absolute atomic E-state index is 0.987. The van der Waals surface area contributed by atoms with Crippen molar-refractivity contribution in [2.75, 3.05) is 13.6 Å². The zero-order chi connectivity index (χ0) is 11.7. The molecule has 86 valence electrons. The maximum atomic E-state index is 5.71. The van der Waals surface area contributed by atoms with Crippen LogP contribution in [0.15, 0.2) is 16.7 Å². The molecule has 0 fully saturated rings. The summed E-state index contributed by atoms with van der Waals surface area (Å²) in [5, 5.41) is 4.48. The summed E-state index contributed by atoms with van der Waals surface area (Å²) in [7, 11) is 1.98. The van der Waals surface area contributed by atoms with Crippen molar-refractivity contribution >= 4 is 11.0 Å². The summed E-state index contributed by atoms with van der Waals surface area (Å²) in [6.45, 7) is 7.41. The lowest BCUT2D eigenvalue weighted by atomic mass is 9.99. The molecule has 16 heavy (non-hydrogen) atoms. The topological polar surface area (TPSA) is 25.2 Å². The van der Waals surface area contributed by atoms with Crippen LogP contribution in [0.4, 0.5) is 0 Å². The second-order valence-corrected chi connectivity index (χ2v) is 4.45. The van der Waals surface area contributed by atoms with Gasteiger partial charge in [-0.05, 0) is 63.0 Å². The Balaban J connectivity index is 2.58. The number of hydrogen-bond acceptors (Lipinski definition) is 2. The van der Waals surface area contributed by atoms with E-state index in [2.05, 4.69) is 32.2 Å². The zero-order valence-corrected chi connectivity index (χ0v) is 10.5. The van der Waals surface area contributed by atoms with E-state index in [0.717, 1.165) is 18.5 Å². The molecule has 1 heterocycles. The highest BCUT2D eigenvalue weighted by Gasteiger charge is 2.12. The van der Waals surface area contributed by atoms with Gasteiger partial charge in [-0.1, -0.05) is 6.07 Å². The van der Waals surface area contributed by atoms with Gasteiger partial charge in [0.25, 0.3) is 0 Å². The molecule has 2 aromatic rings. The van der Waals surface area contributed by atoms with Gasteiger partial charge < -0.3 is 9.73 Å². The van der Waals surface area contributed by atoms with Crippen molar-refractivity contribution in [3.8, 4) is 0 Å². The number of fused-ring (bicyclic) bond motifs is 1. The van der Waals surface area contributed by atoms with E-state index in [1.54, 1.807) is 0 Å². The van der Waals surface area contributed by atoms with Gasteiger partial charge in [0.15, 0.2) is 0 Å². The average Bonchev–Trinajstić information content (AvgIpc) is 2.67. The van der Waals surface area contributed by atoms with Gasteiger partial charge in [-0.2, -0.15) is 0 Å². The Labute approximate surface area is 96.6 Å². The summed E-state index contributed by atoms with van der Waals surface area (Å²) >= 11 is 0. The third-order valence-corrected chi connectivity index (χ3v) is 3.27. The number of likely N-dealkylation sites (N-methyl/N-ethyl adjacent to an activating group) is 1. The Hall–Kier alpha value is -1.28. The van der Waals surface area contributed by atoms with Gasteiger partial charge in [0.1, 0.15) is 5.58 Å². The van der Waals surface area contributed by atoms with Crippen LogP contribution in [0, 0.1) is 20.8 Å². The third-order valence-electron chi connectivity index (χ3n) is 3.27. The van der Waals surface area contributed by atoms with E-state index < -0.39 is 0 Å². The molecule has 0 spiro atoms. The summed E-state index contributed by atoms with van der Waals surface area (Å²) in [5.41, 5.74) is 6.25. The van der Waals surface area contributed by atoms with Crippen molar-refractivity contribution in [2.24, 2.45) is 0 Å². The maximum absolute atomic E-state index is 5.71. The molecule has 0 amide bonds. The molecule has 0 saturated heterocycles. The van der Waals surface area contributed by atoms with Crippen LogP contribution in [0.3, 0.4) is 0 Å². The molecule has 1 N–H and O–H groups in total. The first kappa shape index (κ1) is 11.2. The SMILES string of the molecule is CNCCc1coc2c(C)c(C)cc(C)c12. The van der Waals surface area contributed by atoms with Gasteiger partial charge in [0.2, 0.25) is 0 Å². The third kappa shape index (κ3) is 1.74. The highest BCUT2D eigenvalue weighted by molar-refractivity contribution is 5.88. The standard InChI is InChI=1S/C14H19NO/c1-9-7-10(2)13-12(5-6-15-4)8-16-14(13)11(9)3/h7-8,15H,5-6H2,1-4H3. The van der Waals surface area contributed by atoms with Gasteiger partial charge in [0, 0.05) is 5.39 Å². The second-order valence-electron chi connectivity index (χ2n) is 4.45. The van der Waals surface area contributed by atoms with Crippen LogP contribution >= 0.6 is 0 Å². The molecule has 1 aromatic heterocycles. The van der Waals surface area contributed by atoms with Gasteiger partial charge in [-0.3, -0.25) is 0 Å². The Morgan fingerprint density at radius 2 is 1.94 bits per heavy atom. The number of furan rings is 1. The number of aryl methyl sites for hydroxylation is 3. The van der Waals surface area contributed by atoms with Crippen molar-refractivity contribution in [1.29, 1.82) is 0 Å². The van der Waals surface area contributed by atoms with Crippen LogP contribution in [0.5, 0.6) is 0 Å². The predicted molar refractivity (Wildman–Crippen MR) is 68.1 cm³/mol. The predicted octanol–water partition coefficient (Wildman–Crippen LogP) is 3.12. The van der Waals surface area contributed by atoms with Crippen molar-refractivity contribution in [1.82, 2.24) is 5.32 Å². The average molecular weight is 217 g/mol. The molecule has 0 aliphatic heterocycles. The molecule has 0 bridgehead atoms. The first-order chi connectivity index (χ1) is 7.65. The van der Waals surface area contributed by atoms with Gasteiger partial charge in [0.05, 0.1) is 6.26 Å². The van der Waals surface area contributed by atoms with E-state index in [9.17, 15) is 0 Å². The fourth-order valence-corrected chi connectivity index (χ4v) is 2.23. The number of hydrogen-bond donors (Lipinski definition) is 1. The van der Waals surface area contributed by atoms with E-state index in [0.29, 0.717) is 0 Å². The first-order valence-electron chi connectivity index (χ1n) is 5.76. The van der Waals surface area contributed by atoms with Crippen LogP contribution in [-0.2, 0) is 6.42 Å². The summed E-state index contributed by atoms with van der Waals surface area (Å²) < 4.78 is 5.71. The maximum Gasteiger partial charge on any atom is 0.137 e. The molecular formula is C14H19NO. The van der Waals surface area contributed by atoms with Gasteiger partial charge in [-0.15, -0.1) is 0 Å². The molecule has 1 aromatic carbocycles. The normalized spacial score (nSPS) is 11.2. The quantitative estimate of drug-likeness (QED) is 0.854. The minimum atomic E-state index is 0.987. The summed E-state index contributed by atoms with van der Waals surface area (Å²) in [4.78, 5) is 0. The fraction of sp³-hybridized carbons (Fsp3) is 0.429. The molecule has 0 saturated carbocycles. The van der Waals surface area contributed by atoms with Gasteiger partial charge in [-0.25, -0.2) is 0 Å². The van der Waals surface area contributed by atoms with Crippen LogP contribution in [0.1, 0.15) is 22.3 Å². The lowest BCUT2D eigenvalue weighted by Crippen LogP contribution is -2.10. The first-order valence-corrected chi connectivity index (χ1v) is 5.76. The summed E-state index contributed by atoms with van der Waals surface area (Å²) in [6, 6.07) is 2.25. The molecule has 2 heteroatoms. The zero-order valence-electron chi connectivity index (χ0n) is 10.5. The molecule has 0 aliphatic rings. The van der Waals surface area contributed by atoms with Crippen LogP contribution in [0.25, 0.3) is 11.0 Å². The largest absolute Gasteiger partial charge is 0.464 e. The molecule has 0 radical (unpaired) electrons. The van der Waals surface area contributed by atoms with Crippen LogP contribution < -0.4 is 5.32 Å². The molecule has 2 nitrogen and oxygen atoms in total. The summed E-state index contributed by atoms with van der Waals surface area (Å²) in [6.07, 6.45) is 2.92. The van der Waals surface area contributed by atoms with Crippen molar-refractivity contribution < 1.29 is 4.42 Å². The van der Waals surface area contributed by atoms with E-state index in [-0.39, 0.29) is 0 Å². The lowest BCUT2D eigenvalue weighted by molar-refractivity contribution is 0.606. The molecule has 0 unspecified atom stereocenters. The van der Waals surface area contributed by atoms with Crippen molar-refractivity contribution in [3.63, 3.8) is 0 Å². The van der Waals surface area contributed by atoms with Crippen LogP contribution in [-0.4, -0.2) is 13.6 Å². The van der Waals surface area contributed by atoms with Crippen molar-refractivity contribution in [2.45, 2.75) is 27.2 Å². The Bertz CT molecular complexity index is 511. The van der Waals surface area contributed by atoms with E-state index in [4.69, 9.17) is 4.42 Å². The summed E-state index contributed by atoms with van der Waals surface area (Å²) in [5.74, 6) is 0. The molecular weight excluding hydrogens is 198 g/mol. The number of nitrogens with one attached hydrogen (secondary N) is 1. The van der Waals surface area contributed by atoms with Crippen LogP contribution in [0.2, 0.25) is 0 Å². The lowest BCUT2D eigenvalue weighted by Gasteiger charge is -2.05. The van der Waals surface area contributed by atoms with E-state index in [1.807, 2.05) is 13.3 Å². The monoisotopic (exact) mass is 217 g/mol. The Kier molecular flexibility index (Phi) is 3.01. The molecule has 0 atom stereocenters. The Morgan fingerprint density at radius 1 is 1.19 bits per heavy atom. The highest BCUT2D eigenvalue weighted by atomic mass is 16.3. The smallest absolute Gasteiger partial charge is 0.137 e. The highest BCUT2D eigenvalue weighted by Crippen LogP contribution is 2.29. The minimum Gasteiger partial charge on any atom is -0.464 e. The molecule has 2 rings (SSSR count). The van der Waals surface area contributed by atoms with E-state index >= 15 is 0 Å². The second kappa shape index (κ2) is 4.30. The van der Waals surface area contributed by atoms with Crippen molar-refractivity contribution in [3.05, 3.63) is 34.6 Å². The van der Waals surface area contributed by atoms with Gasteiger partial charge >= 0.3 is 0 Å². The fourth-order valence-electron chi connectivity index (χ4n) is 2.23.